The van der Waals surface area contributed by atoms with E-state index in [2.05, 4.69) is 5.32 Å². The number of piperazine rings is 1. The van der Waals surface area contributed by atoms with Gasteiger partial charge in [-0.1, -0.05) is 6.07 Å². The summed E-state index contributed by atoms with van der Waals surface area (Å²) in [5.74, 6) is 0.259. The quantitative estimate of drug-likeness (QED) is 0.736. The van der Waals surface area contributed by atoms with Gasteiger partial charge in [0.25, 0.3) is 0 Å². The number of ether oxygens (including phenoxy) is 1. The fourth-order valence-electron chi connectivity index (χ4n) is 3.39. The molecule has 0 radical (unpaired) electrons. The average molecular weight is 432 g/mol. The number of sulfonamides is 1. The molecule has 2 amide bonds. The van der Waals surface area contributed by atoms with Crippen LogP contribution in [0.5, 0.6) is 5.75 Å². The predicted molar refractivity (Wildman–Crippen MR) is 106 cm³/mol. The maximum Gasteiger partial charge on any atom is 0.321 e. The van der Waals surface area contributed by atoms with Gasteiger partial charge in [0.15, 0.2) is 9.84 Å². The van der Waals surface area contributed by atoms with Gasteiger partial charge >= 0.3 is 6.03 Å². The van der Waals surface area contributed by atoms with Crippen molar-refractivity contribution >= 4 is 31.6 Å². The third kappa shape index (κ3) is 4.76. The number of hydrogen-bond acceptors (Lipinski definition) is 6. The Balaban J connectivity index is 1.56. The number of benzene rings is 1. The molecule has 0 bridgehead atoms. The summed E-state index contributed by atoms with van der Waals surface area (Å²) in [4.78, 5) is 14.0. The van der Waals surface area contributed by atoms with Crippen molar-refractivity contribution in [3.05, 3.63) is 24.3 Å². The molecule has 0 spiro atoms. The summed E-state index contributed by atoms with van der Waals surface area (Å²) in [7, 11) is -6.95. The summed E-state index contributed by atoms with van der Waals surface area (Å²) in [6.07, 6.45) is 0.140. The summed E-state index contributed by atoms with van der Waals surface area (Å²) in [5, 5.41) is 1.91. The lowest BCUT2D eigenvalue weighted by molar-refractivity contribution is 0.184. The summed E-state index contributed by atoms with van der Waals surface area (Å²) in [5.41, 5.74) is 0.599. The highest BCUT2D eigenvalue weighted by Crippen LogP contribution is 2.23. The van der Waals surface area contributed by atoms with Crippen molar-refractivity contribution < 1.29 is 26.4 Å². The van der Waals surface area contributed by atoms with Gasteiger partial charge in [0.1, 0.15) is 5.75 Å². The van der Waals surface area contributed by atoms with Crippen molar-refractivity contribution in [2.75, 3.05) is 49.6 Å². The molecule has 2 heterocycles. The number of nitrogens with zero attached hydrogens (tertiary/aromatic N) is 2. The normalized spacial score (nSPS) is 22.8. The van der Waals surface area contributed by atoms with Crippen LogP contribution in [0.15, 0.2) is 24.3 Å². The number of rotatable bonds is 5. The molecule has 1 N–H and O–H groups in total. The highest BCUT2D eigenvalue weighted by molar-refractivity contribution is 7.95. The van der Waals surface area contributed by atoms with Gasteiger partial charge in [-0.3, -0.25) is 0 Å². The number of carbonyl (C=O) groups is 1. The van der Waals surface area contributed by atoms with Crippen molar-refractivity contribution in [3.8, 4) is 5.75 Å². The van der Waals surface area contributed by atoms with Gasteiger partial charge in [0, 0.05) is 37.9 Å². The third-order valence-corrected chi connectivity index (χ3v) is 9.20. The lowest BCUT2D eigenvalue weighted by Gasteiger charge is -2.35. The Hall–Kier alpha value is -1.85. The molecule has 1 aromatic rings. The van der Waals surface area contributed by atoms with Crippen LogP contribution in [0.4, 0.5) is 10.5 Å². The van der Waals surface area contributed by atoms with Gasteiger partial charge in [0.2, 0.25) is 10.0 Å². The molecule has 0 saturated carbocycles. The molecule has 2 fully saturated rings. The van der Waals surface area contributed by atoms with E-state index in [0.29, 0.717) is 18.0 Å². The van der Waals surface area contributed by atoms with Gasteiger partial charge < -0.3 is 15.0 Å². The van der Waals surface area contributed by atoms with Crippen LogP contribution < -0.4 is 10.1 Å². The van der Waals surface area contributed by atoms with E-state index in [0.717, 1.165) is 0 Å². The molecule has 2 aliphatic rings. The zero-order valence-electron chi connectivity index (χ0n) is 15.7. The molecular formula is C17H25N3O6S2. The maximum absolute atomic E-state index is 12.7. The molecule has 9 nitrogen and oxygen atoms in total. The summed E-state index contributed by atoms with van der Waals surface area (Å²) in [6.45, 7) is 3.21. The Kier molecular flexibility index (Phi) is 6.15. The fraction of sp³-hybridized carbons (Fsp3) is 0.588. The van der Waals surface area contributed by atoms with Crippen LogP contribution in [0, 0.1) is 0 Å². The van der Waals surface area contributed by atoms with Crippen LogP contribution in [-0.2, 0) is 19.9 Å². The van der Waals surface area contributed by atoms with E-state index in [-0.39, 0.29) is 50.1 Å². The van der Waals surface area contributed by atoms with Gasteiger partial charge in [-0.15, -0.1) is 0 Å². The van der Waals surface area contributed by atoms with Crippen LogP contribution in [-0.4, -0.2) is 81.6 Å². The predicted octanol–water partition coefficient (Wildman–Crippen LogP) is 0.752. The molecule has 1 aromatic carbocycles. The molecule has 0 aromatic heterocycles. The topological polar surface area (TPSA) is 113 Å². The van der Waals surface area contributed by atoms with Crippen LogP contribution in [0.1, 0.15) is 13.3 Å². The highest BCUT2D eigenvalue weighted by Gasteiger charge is 2.41. The first-order valence-corrected chi connectivity index (χ1v) is 12.5. The zero-order chi connectivity index (χ0) is 20.4. The molecular weight excluding hydrogens is 406 g/mol. The smallest absolute Gasteiger partial charge is 0.321 e. The Bertz CT molecular complexity index is 924. The first-order valence-electron chi connectivity index (χ1n) is 9.19. The van der Waals surface area contributed by atoms with Gasteiger partial charge in [0.05, 0.1) is 23.4 Å². The maximum atomic E-state index is 12.7. The molecule has 2 saturated heterocycles. The minimum absolute atomic E-state index is 0.0833. The number of nitrogens with one attached hydrogen (secondary N) is 1. The van der Waals surface area contributed by atoms with E-state index in [4.69, 9.17) is 4.74 Å². The number of amides is 2. The number of sulfone groups is 1. The number of anilines is 1. The van der Waals surface area contributed by atoms with Gasteiger partial charge in [-0.2, -0.15) is 4.31 Å². The van der Waals surface area contributed by atoms with E-state index in [1.165, 1.54) is 4.31 Å². The van der Waals surface area contributed by atoms with Gasteiger partial charge in [-0.25, -0.2) is 21.6 Å². The van der Waals surface area contributed by atoms with E-state index < -0.39 is 25.1 Å². The largest absolute Gasteiger partial charge is 0.494 e. The first-order chi connectivity index (χ1) is 13.2. The monoisotopic (exact) mass is 431 g/mol. The van der Waals surface area contributed by atoms with E-state index in [9.17, 15) is 21.6 Å². The Labute approximate surface area is 165 Å². The second-order valence-corrected chi connectivity index (χ2v) is 11.3. The van der Waals surface area contributed by atoms with E-state index in [1.54, 1.807) is 29.2 Å². The zero-order valence-corrected chi connectivity index (χ0v) is 17.3. The second-order valence-electron chi connectivity index (χ2n) is 6.85. The average Bonchev–Trinajstić information content (AvgIpc) is 3.03. The Morgan fingerprint density at radius 1 is 1.25 bits per heavy atom. The van der Waals surface area contributed by atoms with Crippen LogP contribution in [0.2, 0.25) is 0 Å². The summed E-state index contributed by atoms with van der Waals surface area (Å²) < 4.78 is 55.2. The highest BCUT2D eigenvalue weighted by atomic mass is 32.2. The summed E-state index contributed by atoms with van der Waals surface area (Å²) >= 11 is 0. The fourth-order valence-corrected chi connectivity index (χ4v) is 7.90. The second kappa shape index (κ2) is 8.26. The van der Waals surface area contributed by atoms with Gasteiger partial charge in [-0.05, 0) is 25.5 Å². The number of carbonyl (C=O) groups excluding carboxylic acids is 1. The first kappa shape index (κ1) is 20.9. The van der Waals surface area contributed by atoms with E-state index >= 15 is 0 Å². The summed E-state index contributed by atoms with van der Waals surface area (Å²) in [6, 6.07) is 6.74. The molecule has 11 heteroatoms. The molecule has 2 aliphatic heterocycles. The molecule has 0 aliphatic carbocycles. The van der Waals surface area contributed by atoms with Crippen molar-refractivity contribution in [1.82, 2.24) is 9.21 Å². The SMILES string of the molecule is CCOc1cccc(NC(=O)N2CCN(S(=O)(=O)C3CCS(=O)(=O)C3)CC2)c1. The molecule has 1 atom stereocenters. The van der Waals surface area contributed by atoms with Crippen molar-refractivity contribution in [1.29, 1.82) is 0 Å². The molecule has 3 rings (SSSR count). The van der Waals surface area contributed by atoms with E-state index in [1.807, 2.05) is 6.92 Å². The molecule has 28 heavy (non-hydrogen) atoms. The standard InChI is InChI=1S/C17H25N3O6S2/c1-2-26-15-5-3-4-14(12-15)18-17(21)19-7-9-20(10-8-19)28(24,25)16-6-11-27(22,23)13-16/h3-5,12,16H,2,6-11,13H2,1H3,(H,18,21). The third-order valence-electron chi connectivity index (χ3n) is 4.89. The number of urea groups is 1. The van der Waals surface area contributed by atoms with Crippen molar-refractivity contribution in [2.45, 2.75) is 18.6 Å². The van der Waals surface area contributed by atoms with Crippen molar-refractivity contribution in [3.63, 3.8) is 0 Å². The minimum Gasteiger partial charge on any atom is -0.494 e. The Morgan fingerprint density at radius 2 is 1.96 bits per heavy atom. The lowest BCUT2D eigenvalue weighted by Crippen LogP contribution is -2.53. The minimum atomic E-state index is -3.67. The molecule has 156 valence electrons. The van der Waals surface area contributed by atoms with Crippen LogP contribution in [0.25, 0.3) is 0 Å². The lowest BCUT2D eigenvalue weighted by atomic mass is 10.3. The van der Waals surface area contributed by atoms with Crippen LogP contribution in [0.3, 0.4) is 0 Å². The molecule has 1 unspecified atom stereocenters. The van der Waals surface area contributed by atoms with Crippen molar-refractivity contribution in [2.24, 2.45) is 0 Å². The number of hydrogen-bond donors (Lipinski definition) is 1. The van der Waals surface area contributed by atoms with Crippen LogP contribution >= 0.6 is 0 Å². The Morgan fingerprint density at radius 3 is 2.57 bits per heavy atom.